The summed E-state index contributed by atoms with van der Waals surface area (Å²) >= 11 is 5.84. The lowest BCUT2D eigenvalue weighted by Crippen LogP contribution is -2.28. The van der Waals surface area contributed by atoms with E-state index in [9.17, 15) is 9.59 Å². The molecule has 5 heteroatoms. The fourth-order valence-corrected chi connectivity index (χ4v) is 3.23. The van der Waals surface area contributed by atoms with Crippen molar-refractivity contribution in [2.45, 2.75) is 19.3 Å². The van der Waals surface area contributed by atoms with Gasteiger partial charge in [-0.15, -0.1) is 11.6 Å². The Morgan fingerprint density at radius 3 is 2.43 bits per heavy atom. The largest absolute Gasteiger partial charge is 0.339 e. The summed E-state index contributed by atoms with van der Waals surface area (Å²) in [5.41, 5.74) is 1.55. The van der Waals surface area contributed by atoms with Gasteiger partial charge < -0.3 is 9.80 Å². The number of carbonyl (C=O) groups is 2. The second-order valence-corrected chi connectivity index (χ2v) is 6.08. The van der Waals surface area contributed by atoms with Crippen molar-refractivity contribution in [3.63, 3.8) is 0 Å². The van der Waals surface area contributed by atoms with Crippen LogP contribution in [0.15, 0.2) is 24.3 Å². The first-order chi connectivity index (χ1) is 10.2. The van der Waals surface area contributed by atoms with E-state index in [4.69, 9.17) is 11.6 Å². The van der Waals surface area contributed by atoms with Crippen LogP contribution in [0.1, 0.15) is 29.6 Å². The van der Waals surface area contributed by atoms with Crippen LogP contribution in [0.4, 0.5) is 5.69 Å². The van der Waals surface area contributed by atoms with Crippen LogP contribution < -0.4 is 4.90 Å². The minimum atomic E-state index is 0.0884. The zero-order valence-electron chi connectivity index (χ0n) is 11.9. The number of hydrogen-bond donors (Lipinski definition) is 0. The maximum Gasteiger partial charge on any atom is 0.253 e. The zero-order chi connectivity index (χ0) is 14.8. The highest BCUT2D eigenvalue weighted by Crippen LogP contribution is 2.26. The fraction of sp³-hybridized carbons (Fsp3) is 0.500. The van der Waals surface area contributed by atoms with E-state index >= 15 is 0 Å². The molecule has 1 unspecified atom stereocenters. The molecular weight excluding hydrogens is 288 g/mol. The molecule has 0 bridgehead atoms. The lowest BCUT2D eigenvalue weighted by atomic mass is 10.1. The summed E-state index contributed by atoms with van der Waals surface area (Å²) in [6, 6.07) is 7.35. The monoisotopic (exact) mass is 306 g/mol. The Hall–Kier alpha value is -1.55. The van der Waals surface area contributed by atoms with Crippen LogP contribution in [-0.4, -0.2) is 42.2 Å². The number of anilines is 1. The Balaban J connectivity index is 1.72. The van der Waals surface area contributed by atoms with Gasteiger partial charge in [0.2, 0.25) is 5.91 Å². The molecule has 1 aromatic rings. The van der Waals surface area contributed by atoms with Gasteiger partial charge in [-0.05, 0) is 43.0 Å². The summed E-state index contributed by atoms with van der Waals surface area (Å²) in [4.78, 5) is 27.9. The minimum Gasteiger partial charge on any atom is -0.339 e. The van der Waals surface area contributed by atoms with Gasteiger partial charge in [0.25, 0.3) is 5.91 Å². The van der Waals surface area contributed by atoms with Crippen LogP contribution in [0.25, 0.3) is 0 Å². The van der Waals surface area contributed by atoms with Crippen LogP contribution in [0.3, 0.4) is 0 Å². The van der Waals surface area contributed by atoms with E-state index in [1.807, 2.05) is 29.2 Å². The van der Waals surface area contributed by atoms with Crippen LogP contribution in [0.2, 0.25) is 0 Å². The molecule has 112 valence electrons. The molecule has 0 spiro atoms. The molecule has 0 aliphatic carbocycles. The summed E-state index contributed by atoms with van der Waals surface area (Å²) in [6.07, 6.45) is 2.69. The van der Waals surface area contributed by atoms with E-state index in [1.54, 1.807) is 4.90 Å². The van der Waals surface area contributed by atoms with Gasteiger partial charge in [-0.25, -0.2) is 0 Å². The summed E-state index contributed by atoms with van der Waals surface area (Å²) in [5.74, 6) is 0.933. The quantitative estimate of drug-likeness (QED) is 0.805. The van der Waals surface area contributed by atoms with Gasteiger partial charge in [0.05, 0.1) is 0 Å². The number of likely N-dealkylation sites (tertiary alicyclic amines) is 1. The average molecular weight is 307 g/mol. The van der Waals surface area contributed by atoms with Crippen molar-refractivity contribution < 1.29 is 9.59 Å². The van der Waals surface area contributed by atoms with Gasteiger partial charge >= 0.3 is 0 Å². The van der Waals surface area contributed by atoms with Crippen molar-refractivity contribution in [2.75, 3.05) is 30.4 Å². The van der Waals surface area contributed by atoms with Crippen molar-refractivity contribution in [2.24, 2.45) is 5.92 Å². The Labute approximate surface area is 129 Å². The van der Waals surface area contributed by atoms with Crippen LogP contribution >= 0.6 is 11.6 Å². The lowest BCUT2D eigenvalue weighted by Gasteiger charge is -2.18. The molecule has 0 N–H and O–H groups in total. The Bertz CT molecular complexity index is 538. The first-order valence-corrected chi connectivity index (χ1v) is 7.98. The van der Waals surface area contributed by atoms with E-state index < -0.39 is 0 Å². The smallest absolute Gasteiger partial charge is 0.253 e. The zero-order valence-corrected chi connectivity index (χ0v) is 12.7. The first kappa shape index (κ1) is 14.4. The van der Waals surface area contributed by atoms with E-state index in [0.29, 0.717) is 24.4 Å². The van der Waals surface area contributed by atoms with Gasteiger partial charge in [0.15, 0.2) is 0 Å². The molecule has 4 nitrogen and oxygen atoms in total. The van der Waals surface area contributed by atoms with Crippen molar-refractivity contribution in [3.8, 4) is 0 Å². The Kier molecular flexibility index (Phi) is 4.15. The number of benzene rings is 1. The third-order valence-corrected chi connectivity index (χ3v) is 4.68. The molecule has 2 aliphatic heterocycles. The van der Waals surface area contributed by atoms with Gasteiger partial charge in [-0.1, -0.05) is 0 Å². The molecule has 0 radical (unpaired) electrons. The SMILES string of the molecule is O=C(c1ccc(N2CC(CCl)CC2=O)cc1)N1CCCC1. The van der Waals surface area contributed by atoms with E-state index in [0.717, 1.165) is 31.6 Å². The third kappa shape index (κ3) is 2.91. The number of halogens is 1. The summed E-state index contributed by atoms with van der Waals surface area (Å²) in [7, 11) is 0. The average Bonchev–Trinajstić information content (AvgIpc) is 3.16. The van der Waals surface area contributed by atoms with Crippen LogP contribution in [0.5, 0.6) is 0 Å². The lowest BCUT2D eigenvalue weighted by molar-refractivity contribution is -0.117. The molecule has 0 saturated carbocycles. The number of carbonyl (C=O) groups excluding carboxylic acids is 2. The van der Waals surface area contributed by atoms with Crippen molar-refractivity contribution in [1.29, 1.82) is 0 Å². The number of alkyl halides is 1. The molecular formula is C16H19ClN2O2. The molecule has 2 amide bonds. The summed E-state index contributed by atoms with van der Waals surface area (Å²) in [5, 5.41) is 0. The molecule has 1 atom stereocenters. The summed E-state index contributed by atoms with van der Waals surface area (Å²) in [6.45, 7) is 2.37. The van der Waals surface area contributed by atoms with E-state index in [-0.39, 0.29) is 17.7 Å². The predicted molar refractivity (Wildman–Crippen MR) is 82.8 cm³/mol. The maximum atomic E-state index is 12.3. The highest BCUT2D eigenvalue weighted by Gasteiger charge is 2.30. The highest BCUT2D eigenvalue weighted by molar-refractivity contribution is 6.18. The molecule has 21 heavy (non-hydrogen) atoms. The molecule has 1 aromatic carbocycles. The van der Waals surface area contributed by atoms with Gasteiger partial charge in [-0.3, -0.25) is 9.59 Å². The number of rotatable bonds is 3. The molecule has 2 aliphatic rings. The first-order valence-electron chi connectivity index (χ1n) is 7.44. The Morgan fingerprint density at radius 2 is 1.86 bits per heavy atom. The molecule has 2 saturated heterocycles. The fourth-order valence-electron chi connectivity index (χ4n) is 3.02. The standard InChI is InChI=1S/C16H19ClN2O2/c17-10-12-9-15(20)19(11-12)14-5-3-13(4-6-14)16(21)18-7-1-2-8-18/h3-6,12H,1-2,7-11H2. The van der Waals surface area contributed by atoms with E-state index in [2.05, 4.69) is 0 Å². The van der Waals surface area contributed by atoms with Crippen molar-refractivity contribution in [3.05, 3.63) is 29.8 Å². The molecule has 2 heterocycles. The molecule has 3 rings (SSSR count). The van der Waals surface area contributed by atoms with Gasteiger partial charge in [0, 0.05) is 43.2 Å². The molecule has 2 fully saturated rings. The highest BCUT2D eigenvalue weighted by atomic mass is 35.5. The normalized spacial score (nSPS) is 22.1. The van der Waals surface area contributed by atoms with Crippen molar-refractivity contribution >= 4 is 29.1 Å². The molecule has 0 aromatic heterocycles. The second kappa shape index (κ2) is 6.06. The minimum absolute atomic E-state index is 0.0884. The van der Waals surface area contributed by atoms with Gasteiger partial charge in [-0.2, -0.15) is 0 Å². The summed E-state index contributed by atoms with van der Waals surface area (Å²) < 4.78 is 0. The second-order valence-electron chi connectivity index (χ2n) is 5.77. The third-order valence-electron chi connectivity index (χ3n) is 4.24. The number of nitrogens with zero attached hydrogens (tertiary/aromatic N) is 2. The topological polar surface area (TPSA) is 40.6 Å². The van der Waals surface area contributed by atoms with Crippen LogP contribution in [-0.2, 0) is 4.79 Å². The number of hydrogen-bond acceptors (Lipinski definition) is 2. The Morgan fingerprint density at radius 1 is 1.19 bits per heavy atom. The predicted octanol–water partition coefficient (Wildman–Crippen LogP) is 2.51. The maximum absolute atomic E-state index is 12.3. The van der Waals surface area contributed by atoms with Crippen molar-refractivity contribution in [1.82, 2.24) is 4.90 Å². The van der Waals surface area contributed by atoms with E-state index in [1.165, 1.54) is 0 Å². The number of amides is 2. The van der Waals surface area contributed by atoms with Gasteiger partial charge in [0.1, 0.15) is 0 Å². The van der Waals surface area contributed by atoms with Crippen LogP contribution in [0, 0.1) is 5.92 Å².